The van der Waals surface area contributed by atoms with E-state index in [1.807, 2.05) is 6.08 Å². The zero-order valence-electron chi connectivity index (χ0n) is 53.4. The van der Waals surface area contributed by atoms with Gasteiger partial charge in [0, 0.05) is 6.42 Å². The Labute approximate surface area is 525 Å². The summed E-state index contributed by atoms with van der Waals surface area (Å²) in [5.41, 5.74) is 0. The second kappa shape index (κ2) is 55.9. The zero-order chi connectivity index (χ0) is 63.1. The highest BCUT2D eigenvalue weighted by atomic mass is 16.7. The number of allylic oxidation sites excluding steroid dienone is 23. The first-order valence-electron chi connectivity index (χ1n) is 33.6. The SMILES string of the molecule is CC/C=C\C/C=C\C/C=C\C/C=C\C/C=C\C/C=C\C/C=C\C/C=C\C/C=C\C/C=C\C/C=C\CCCCCC(=O)NC(COC1OC(CO)C(OC2OC(CO)C(O)C(O)C2O)C(O)C1O)C(O)/C=C/CCCCCCCCCCCCCCCC. The molecule has 0 aliphatic carbocycles. The number of unbranched alkanes of at least 4 members (excludes halogenated alkanes) is 17. The van der Waals surface area contributed by atoms with Crippen molar-refractivity contribution in [2.75, 3.05) is 19.8 Å². The monoisotopic (exact) mass is 1220 g/mol. The molecule has 14 heteroatoms. The summed E-state index contributed by atoms with van der Waals surface area (Å²) in [4.78, 5) is 13.3. The average Bonchev–Trinajstić information content (AvgIpc) is 2.36. The molecular formula is C73H119NO13. The Bertz CT molecular complexity index is 2020. The van der Waals surface area contributed by atoms with Crippen molar-refractivity contribution < 1.29 is 64.6 Å². The minimum absolute atomic E-state index is 0.231. The number of carbonyl (C=O) groups excluding carboxylic acids is 1. The predicted octanol–water partition coefficient (Wildman–Crippen LogP) is 13.3. The third kappa shape index (κ3) is 40.3. The van der Waals surface area contributed by atoms with Crippen LogP contribution in [-0.2, 0) is 23.7 Å². The molecule has 12 unspecified atom stereocenters. The molecule has 0 bridgehead atoms. The maximum atomic E-state index is 13.3. The number of aliphatic hydroxyl groups is 8. The van der Waals surface area contributed by atoms with Gasteiger partial charge in [0.05, 0.1) is 32.0 Å². The number of hydrogen-bond donors (Lipinski definition) is 9. The summed E-state index contributed by atoms with van der Waals surface area (Å²) >= 11 is 0. The molecule has 0 aromatic rings. The largest absolute Gasteiger partial charge is 0.394 e. The van der Waals surface area contributed by atoms with Gasteiger partial charge in [0.25, 0.3) is 0 Å². The van der Waals surface area contributed by atoms with Crippen LogP contribution in [0.3, 0.4) is 0 Å². The highest BCUT2D eigenvalue weighted by Gasteiger charge is 2.51. The summed E-state index contributed by atoms with van der Waals surface area (Å²) in [7, 11) is 0. The van der Waals surface area contributed by atoms with Gasteiger partial charge in [-0.2, -0.15) is 0 Å². The fourth-order valence-electron chi connectivity index (χ4n) is 9.94. The van der Waals surface area contributed by atoms with Crippen molar-refractivity contribution in [3.63, 3.8) is 0 Å². The molecule has 2 aliphatic rings. The van der Waals surface area contributed by atoms with E-state index in [0.29, 0.717) is 6.42 Å². The summed E-state index contributed by atoms with van der Waals surface area (Å²) in [6.07, 6.45) is 67.5. The Morgan fingerprint density at radius 1 is 0.425 bits per heavy atom. The van der Waals surface area contributed by atoms with Gasteiger partial charge in [0.2, 0.25) is 5.91 Å². The van der Waals surface area contributed by atoms with Gasteiger partial charge in [-0.25, -0.2) is 0 Å². The first kappa shape index (κ1) is 79.0. The molecule has 87 heavy (non-hydrogen) atoms. The van der Waals surface area contributed by atoms with Gasteiger partial charge >= 0.3 is 0 Å². The van der Waals surface area contributed by atoms with Crippen LogP contribution in [0.15, 0.2) is 146 Å². The number of ether oxygens (including phenoxy) is 4. The smallest absolute Gasteiger partial charge is 0.220 e. The quantitative estimate of drug-likeness (QED) is 0.0204. The molecule has 1 amide bonds. The summed E-state index contributed by atoms with van der Waals surface area (Å²) < 4.78 is 22.8. The standard InChI is InChI=1S/C73H119NO13/c1-3-5-7-9-11-13-15-17-19-21-22-23-24-25-26-27-28-29-30-31-32-33-34-35-36-37-38-39-40-41-43-45-47-49-51-53-55-57-65(78)74-61(62(77)56-54-52-50-48-46-44-42-20-18-16-14-12-10-8-6-4-2)60-84-72-70(83)68(81)71(64(59-76)86-72)87-73-69(82)67(80)66(79)63(58-75)85-73/h5,7,11,13,17,19,22-23,25-26,28-29,31-32,34-35,37-38,40-41,45,47,54,56,61-64,66-73,75-77,79-83H,3-4,6,8-10,12,14-16,18,20-21,24,27,30,33,36,39,42-44,46,48-53,55,57-60H2,1-2H3,(H,74,78)/b7-5-,13-11-,19-17-,23-22-,26-25-,29-28-,32-31-,35-34-,38-37-,41-40-,47-45-,56-54+. The molecule has 2 saturated heterocycles. The lowest BCUT2D eigenvalue weighted by Crippen LogP contribution is -2.65. The molecule has 2 aliphatic heterocycles. The predicted molar refractivity (Wildman–Crippen MR) is 354 cm³/mol. The third-order valence-electron chi connectivity index (χ3n) is 15.3. The second-order valence-electron chi connectivity index (χ2n) is 22.9. The van der Waals surface area contributed by atoms with E-state index in [1.165, 1.54) is 70.6 Å². The van der Waals surface area contributed by atoms with Crippen molar-refractivity contribution in [1.82, 2.24) is 5.32 Å². The molecule has 494 valence electrons. The zero-order valence-corrected chi connectivity index (χ0v) is 53.4. The minimum Gasteiger partial charge on any atom is -0.394 e. The number of nitrogens with one attached hydrogen (secondary N) is 1. The van der Waals surface area contributed by atoms with E-state index in [1.54, 1.807) is 6.08 Å². The topological polar surface area (TPSA) is 228 Å². The van der Waals surface area contributed by atoms with Gasteiger partial charge in [-0.05, 0) is 103 Å². The van der Waals surface area contributed by atoms with E-state index in [-0.39, 0.29) is 18.9 Å². The van der Waals surface area contributed by atoms with Crippen LogP contribution in [0.5, 0.6) is 0 Å². The highest BCUT2D eigenvalue weighted by Crippen LogP contribution is 2.30. The lowest BCUT2D eigenvalue weighted by Gasteiger charge is -2.46. The van der Waals surface area contributed by atoms with Crippen molar-refractivity contribution in [3.8, 4) is 0 Å². The molecule has 2 rings (SSSR count). The molecule has 12 atom stereocenters. The Balaban J connectivity index is 1.70. The van der Waals surface area contributed by atoms with E-state index in [0.717, 1.165) is 116 Å². The van der Waals surface area contributed by atoms with Crippen molar-refractivity contribution in [3.05, 3.63) is 146 Å². The van der Waals surface area contributed by atoms with Crippen LogP contribution < -0.4 is 5.32 Å². The molecule has 0 radical (unpaired) electrons. The van der Waals surface area contributed by atoms with Crippen LogP contribution in [0.25, 0.3) is 0 Å². The van der Waals surface area contributed by atoms with Crippen molar-refractivity contribution in [2.24, 2.45) is 0 Å². The van der Waals surface area contributed by atoms with Crippen LogP contribution in [0, 0.1) is 0 Å². The van der Waals surface area contributed by atoms with Crippen molar-refractivity contribution >= 4 is 5.91 Å². The Hall–Kier alpha value is -4.13. The van der Waals surface area contributed by atoms with Crippen molar-refractivity contribution in [1.29, 1.82) is 0 Å². The fourth-order valence-corrected chi connectivity index (χ4v) is 9.94. The molecule has 14 nitrogen and oxygen atoms in total. The van der Waals surface area contributed by atoms with Gasteiger partial charge in [-0.3, -0.25) is 4.79 Å². The number of amides is 1. The fraction of sp³-hybridized carbons (Fsp3) is 0.658. The lowest BCUT2D eigenvalue weighted by atomic mass is 9.97. The highest BCUT2D eigenvalue weighted by molar-refractivity contribution is 5.76. The molecule has 0 aromatic carbocycles. The Kier molecular flexibility index (Phi) is 50.7. The van der Waals surface area contributed by atoms with E-state index in [9.17, 15) is 45.6 Å². The molecule has 2 heterocycles. The number of aliphatic hydroxyl groups excluding tert-OH is 8. The third-order valence-corrected chi connectivity index (χ3v) is 15.3. The summed E-state index contributed by atoms with van der Waals surface area (Å²) in [6.45, 7) is 2.65. The first-order chi connectivity index (χ1) is 42.6. The van der Waals surface area contributed by atoms with Crippen molar-refractivity contribution in [2.45, 2.75) is 286 Å². The average molecular weight is 1220 g/mol. The first-order valence-corrected chi connectivity index (χ1v) is 33.6. The molecule has 0 aromatic heterocycles. The van der Waals surface area contributed by atoms with E-state index in [2.05, 4.69) is 153 Å². The van der Waals surface area contributed by atoms with Gasteiger partial charge < -0.3 is 65.1 Å². The van der Waals surface area contributed by atoms with E-state index in [4.69, 9.17) is 18.9 Å². The summed E-state index contributed by atoms with van der Waals surface area (Å²) in [5, 5.41) is 87.2. The van der Waals surface area contributed by atoms with Crippen LogP contribution >= 0.6 is 0 Å². The molecule has 0 saturated carbocycles. The van der Waals surface area contributed by atoms with Gasteiger partial charge in [0.15, 0.2) is 12.6 Å². The van der Waals surface area contributed by atoms with Crippen LogP contribution in [0.1, 0.15) is 213 Å². The van der Waals surface area contributed by atoms with Gasteiger partial charge in [-0.1, -0.05) is 250 Å². The summed E-state index contributed by atoms with van der Waals surface area (Å²) in [6, 6.07) is -0.944. The van der Waals surface area contributed by atoms with Crippen LogP contribution in [0.4, 0.5) is 0 Å². The van der Waals surface area contributed by atoms with Crippen LogP contribution in [0.2, 0.25) is 0 Å². The molecule has 0 spiro atoms. The molecule has 9 N–H and O–H groups in total. The van der Waals surface area contributed by atoms with Crippen LogP contribution in [-0.4, -0.2) is 140 Å². The number of carbonyl (C=O) groups is 1. The maximum absolute atomic E-state index is 13.3. The Morgan fingerprint density at radius 3 is 1.22 bits per heavy atom. The number of hydrogen-bond acceptors (Lipinski definition) is 13. The normalized spacial score (nSPS) is 24.3. The Morgan fingerprint density at radius 2 is 0.793 bits per heavy atom. The maximum Gasteiger partial charge on any atom is 0.220 e. The second-order valence-corrected chi connectivity index (χ2v) is 22.9. The lowest BCUT2D eigenvalue weighted by molar-refractivity contribution is -0.359. The van der Waals surface area contributed by atoms with E-state index >= 15 is 0 Å². The molecular weight excluding hydrogens is 1100 g/mol. The molecule has 2 fully saturated rings. The van der Waals surface area contributed by atoms with Gasteiger partial charge in [0.1, 0.15) is 48.8 Å². The van der Waals surface area contributed by atoms with Gasteiger partial charge in [-0.15, -0.1) is 0 Å². The van der Waals surface area contributed by atoms with E-state index < -0.39 is 86.8 Å². The summed E-state index contributed by atoms with van der Waals surface area (Å²) in [5.74, 6) is -0.277. The minimum atomic E-state index is -1.80. The number of rotatable bonds is 52.